The summed E-state index contributed by atoms with van der Waals surface area (Å²) in [5.41, 5.74) is 1.26. The molecule has 1 fully saturated rings. The van der Waals surface area contributed by atoms with Gasteiger partial charge in [-0.3, -0.25) is 14.3 Å². The molecule has 0 unspecified atom stereocenters. The van der Waals surface area contributed by atoms with E-state index < -0.39 is 0 Å². The largest absolute Gasteiger partial charge is 0.296 e. The summed E-state index contributed by atoms with van der Waals surface area (Å²) < 4.78 is 1.94. The number of likely N-dealkylation sites (tertiary alicyclic amines) is 1. The van der Waals surface area contributed by atoms with E-state index in [1.54, 1.807) is 11.3 Å². The van der Waals surface area contributed by atoms with Crippen LogP contribution < -0.4 is 5.56 Å². The van der Waals surface area contributed by atoms with E-state index in [0.717, 1.165) is 54.2 Å². The minimum Gasteiger partial charge on any atom is -0.296 e. The van der Waals surface area contributed by atoms with E-state index in [1.165, 1.54) is 17.7 Å². The van der Waals surface area contributed by atoms with Gasteiger partial charge in [-0.1, -0.05) is 13.8 Å². The summed E-state index contributed by atoms with van der Waals surface area (Å²) in [6, 6.07) is 0. The van der Waals surface area contributed by atoms with E-state index in [-0.39, 0.29) is 5.56 Å². The second-order valence-corrected chi connectivity index (χ2v) is 8.32. The van der Waals surface area contributed by atoms with Crippen LogP contribution in [0.5, 0.6) is 0 Å². The first kappa shape index (κ1) is 16.7. The van der Waals surface area contributed by atoms with Gasteiger partial charge in [-0.25, -0.2) is 4.98 Å². The highest BCUT2D eigenvalue weighted by Crippen LogP contribution is 2.27. The van der Waals surface area contributed by atoms with Crippen LogP contribution in [0.4, 0.5) is 0 Å². The molecule has 0 bridgehead atoms. The van der Waals surface area contributed by atoms with Crippen LogP contribution in [0.3, 0.4) is 0 Å². The van der Waals surface area contributed by atoms with Gasteiger partial charge in [0.1, 0.15) is 10.7 Å². The maximum Gasteiger partial charge on any atom is 0.262 e. The molecule has 0 aliphatic carbocycles. The zero-order valence-electron chi connectivity index (χ0n) is 14.7. The standard InChI is InChI=1S/C18H27N3OS/c1-12(2)7-10-21-15(11-20-8-5-6-9-20)19-17-16(18(21)22)13(3)14(4)23-17/h12H,5-11H2,1-4H3. The fourth-order valence-corrected chi connectivity index (χ4v) is 4.29. The van der Waals surface area contributed by atoms with Crippen LogP contribution in [0.15, 0.2) is 4.79 Å². The smallest absolute Gasteiger partial charge is 0.262 e. The average Bonchev–Trinajstić information content (AvgIpc) is 3.07. The maximum absolute atomic E-state index is 13.1. The molecule has 1 aliphatic rings. The summed E-state index contributed by atoms with van der Waals surface area (Å²) in [5, 5.41) is 0.835. The van der Waals surface area contributed by atoms with Crippen LogP contribution in [0.25, 0.3) is 10.2 Å². The molecular formula is C18H27N3OS. The lowest BCUT2D eigenvalue weighted by Gasteiger charge is -2.19. The SMILES string of the molecule is Cc1sc2nc(CN3CCCC3)n(CCC(C)C)c(=O)c2c1C. The molecule has 4 nitrogen and oxygen atoms in total. The number of fused-ring (bicyclic) bond motifs is 1. The fourth-order valence-electron chi connectivity index (χ4n) is 3.25. The molecular weight excluding hydrogens is 306 g/mol. The van der Waals surface area contributed by atoms with Crippen molar-refractivity contribution in [1.82, 2.24) is 14.5 Å². The molecule has 1 aliphatic heterocycles. The number of nitrogens with zero attached hydrogens (tertiary/aromatic N) is 3. The van der Waals surface area contributed by atoms with Crippen molar-refractivity contribution in [1.29, 1.82) is 0 Å². The minimum atomic E-state index is 0.159. The monoisotopic (exact) mass is 333 g/mol. The highest BCUT2D eigenvalue weighted by atomic mass is 32.1. The van der Waals surface area contributed by atoms with Gasteiger partial charge < -0.3 is 0 Å². The summed E-state index contributed by atoms with van der Waals surface area (Å²) in [7, 11) is 0. The van der Waals surface area contributed by atoms with Gasteiger partial charge >= 0.3 is 0 Å². The van der Waals surface area contributed by atoms with Crippen LogP contribution in [-0.2, 0) is 13.1 Å². The molecule has 3 heterocycles. The predicted octanol–water partition coefficient (Wildman–Crippen LogP) is 3.72. The Hall–Kier alpha value is -1.20. The highest BCUT2D eigenvalue weighted by molar-refractivity contribution is 7.18. The highest BCUT2D eigenvalue weighted by Gasteiger charge is 2.19. The maximum atomic E-state index is 13.1. The Morgan fingerprint density at radius 2 is 1.91 bits per heavy atom. The molecule has 3 rings (SSSR count). The Bertz CT molecular complexity index is 754. The second kappa shape index (κ2) is 6.73. The second-order valence-electron chi connectivity index (χ2n) is 7.11. The minimum absolute atomic E-state index is 0.159. The Morgan fingerprint density at radius 1 is 1.22 bits per heavy atom. The molecule has 0 spiro atoms. The number of rotatable bonds is 5. The van der Waals surface area contributed by atoms with Crippen molar-refractivity contribution in [2.24, 2.45) is 5.92 Å². The van der Waals surface area contributed by atoms with Gasteiger partial charge in [0.15, 0.2) is 0 Å². The van der Waals surface area contributed by atoms with Gasteiger partial charge in [0.25, 0.3) is 5.56 Å². The van der Waals surface area contributed by atoms with E-state index in [0.29, 0.717) is 5.92 Å². The number of aryl methyl sites for hydroxylation is 2. The topological polar surface area (TPSA) is 38.1 Å². The van der Waals surface area contributed by atoms with E-state index in [1.807, 2.05) is 11.5 Å². The van der Waals surface area contributed by atoms with Gasteiger partial charge in [-0.15, -0.1) is 11.3 Å². The number of thiophene rings is 1. The Balaban J connectivity index is 2.07. The van der Waals surface area contributed by atoms with Gasteiger partial charge in [0, 0.05) is 11.4 Å². The summed E-state index contributed by atoms with van der Waals surface area (Å²) in [4.78, 5) is 22.5. The predicted molar refractivity (Wildman–Crippen MR) is 97.3 cm³/mol. The zero-order valence-corrected chi connectivity index (χ0v) is 15.5. The summed E-state index contributed by atoms with van der Waals surface area (Å²) in [6.45, 7) is 12.4. The van der Waals surface area contributed by atoms with Crippen LogP contribution in [0.1, 0.15) is 49.4 Å². The van der Waals surface area contributed by atoms with Crippen molar-refractivity contribution < 1.29 is 0 Å². The van der Waals surface area contributed by atoms with Crippen molar-refractivity contribution in [3.8, 4) is 0 Å². The third-order valence-corrected chi connectivity index (χ3v) is 5.96. The van der Waals surface area contributed by atoms with Crippen molar-refractivity contribution in [3.63, 3.8) is 0 Å². The molecule has 1 saturated heterocycles. The van der Waals surface area contributed by atoms with E-state index in [9.17, 15) is 4.79 Å². The number of aromatic nitrogens is 2. The van der Waals surface area contributed by atoms with Gasteiger partial charge in [0.2, 0.25) is 0 Å². The first-order valence-electron chi connectivity index (χ1n) is 8.69. The molecule has 0 atom stereocenters. The van der Waals surface area contributed by atoms with Crippen LogP contribution in [0, 0.1) is 19.8 Å². The van der Waals surface area contributed by atoms with Crippen molar-refractivity contribution in [3.05, 3.63) is 26.6 Å². The van der Waals surface area contributed by atoms with Gasteiger partial charge in [0.05, 0.1) is 11.9 Å². The Labute approximate surface area is 142 Å². The molecule has 0 radical (unpaired) electrons. The average molecular weight is 334 g/mol. The van der Waals surface area contributed by atoms with Crippen LogP contribution >= 0.6 is 11.3 Å². The number of hydrogen-bond acceptors (Lipinski definition) is 4. The lowest BCUT2D eigenvalue weighted by Crippen LogP contribution is -2.30. The van der Waals surface area contributed by atoms with Crippen LogP contribution in [0.2, 0.25) is 0 Å². The van der Waals surface area contributed by atoms with Crippen LogP contribution in [-0.4, -0.2) is 27.5 Å². The van der Waals surface area contributed by atoms with E-state index in [2.05, 4.69) is 25.7 Å². The molecule has 0 aromatic carbocycles. The summed E-state index contributed by atoms with van der Waals surface area (Å²) in [5.74, 6) is 1.54. The summed E-state index contributed by atoms with van der Waals surface area (Å²) in [6.07, 6.45) is 3.54. The Kier molecular flexibility index (Phi) is 4.87. The third kappa shape index (κ3) is 3.36. The first-order chi connectivity index (χ1) is 11.0. The molecule has 126 valence electrons. The molecule has 23 heavy (non-hydrogen) atoms. The molecule has 0 saturated carbocycles. The van der Waals surface area contributed by atoms with Crippen molar-refractivity contribution >= 4 is 21.6 Å². The quantitative estimate of drug-likeness (QED) is 0.837. The third-order valence-electron chi connectivity index (χ3n) is 4.86. The van der Waals surface area contributed by atoms with Gasteiger partial charge in [-0.2, -0.15) is 0 Å². The first-order valence-corrected chi connectivity index (χ1v) is 9.50. The number of hydrogen-bond donors (Lipinski definition) is 0. The molecule has 5 heteroatoms. The summed E-state index contributed by atoms with van der Waals surface area (Å²) >= 11 is 1.66. The normalized spacial score (nSPS) is 16.0. The zero-order chi connectivity index (χ0) is 16.6. The lowest BCUT2D eigenvalue weighted by molar-refractivity contribution is 0.311. The van der Waals surface area contributed by atoms with Crippen molar-refractivity contribution in [2.45, 2.75) is 60.0 Å². The molecule has 0 amide bonds. The van der Waals surface area contributed by atoms with E-state index in [4.69, 9.17) is 4.98 Å². The van der Waals surface area contributed by atoms with E-state index >= 15 is 0 Å². The fraction of sp³-hybridized carbons (Fsp3) is 0.667. The lowest BCUT2D eigenvalue weighted by atomic mass is 10.1. The van der Waals surface area contributed by atoms with Crippen molar-refractivity contribution in [2.75, 3.05) is 13.1 Å². The molecule has 2 aromatic heterocycles. The van der Waals surface area contributed by atoms with Gasteiger partial charge in [-0.05, 0) is 57.7 Å². The molecule has 2 aromatic rings. The Morgan fingerprint density at radius 3 is 2.57 bits per heavy atom. The molecule has 0 N–H and O–H groups in total.